The molecule has 0 aromatic heterocycles. The van der Waals surface area contributed by atoms with Gasteiger partial charge < -0.3 is 9.64 Å². The van der Waals surface area contributed by atoms with Crippen molar-refractivity contribution in [3.05, 3.63) is 12.2 Å². The molecule has 17 heavy (non-hydrogen) atoms. The molecule has 2 saturated heterocycles. The van der Waals surface area contributed by atoms with Crippen LogP contribution in [-0.2, 0) is 14.3 Å². The van der Waals surface area contributed by atoms with E-state index in [4.69, 9.17) is 5.26 Å². The minimum absolute atomic E-state index is 0.165. The zero-order chi connectivity index (χ0) is 12.5. The van der Waals surface area contributed by atoms with Crippen molar-refractivity contribution in [3.8, 4) is 5.97 Å². The molecule has 2 rings (SSSR count). The fraction of sp³-hybridized carbons (Fsp3) is 0.545. The number of likely N-dealkylation sites (tertiary alicyclic amines) is 1. The minimum Gasteiger partial charge on any atom is -0.466 e. The van der Waals surface area contributed by atoms with Crippen LogP contribution in [0.15, 0.2) is 12.2 Å². The normalized spacial score (nSPS) is 20.7. The highest BCUT2D eigenvalue weighted by atomic mass is 16.5. The summed E-state index contributed by atoms with van der Waals surface area (Å²) in [5.41, 5.74) is 0.190. The summed E-state index contributed by atoms with van der Waals surface area (Å²) < 4.78 is 4.40. The number of carbonyl (C=O) groups excluding carboxylic acids is 2. The van der Waals surface area contributed by atoms with Gasteiger partial charge in [-0.25, -0.2) is 10.1 Å². The van der Waals surface area contributed by atoms with Gasteiger partial charge in [-0.05, 0) is 5.41 Å². The lowest BCUT2D eigenvalue weighted by Gasteiger charge is -2.56. The number of carbonyl (C=O) groups is 2. The van der Waals surface area contributed by atoms with E-state index in [0.717, 1.165) is 18.7 Å². The van der Waals surface area contributed by atoms with Crippen molar-refractivity contribution < 1.29 is 14.3 Å². The van der Waals surface area contributed by atoms with E-state index in [0.29, 0.717) is 13.1 Å². The lowest BCUT2D eigenvalue weighted by molar-refractivity contribution is -0.138. The standard InChI is InChI=1S/C11H13BN2O3/c1-17-10(16)3-2-9(15)14-6-11(7-14)4-12(5-11)8-13/h2-3H,4-7H2,1H3/b3-2+. The van der Waals surface area contributed by atoms with Crippen molar-refractivity contribution in [2.75, 3.05) is 20.2 Å². The van der Waals surface area contributed by atoms with Crippen LogP contribution in [0.3, 0.4) is 0 Å². The Labute approximate surface area is 100 Å². The van der Waals surface area contributed by atoms with Gasteiger partial charge in [0.1, 0.15) is 0 Å². The first kappa shape index (κ1) is 11.7. The molecule has 2 aliphatic rings. The second-order valence-electron chi connectivity index (χ2n) is 4.79. The molecule has 1 amide bonds. The summed E-state index contributed by atoms with van der Waals surface area (Å²) in [6, 6.07) is 0. The quantitative estimate of drug-likeness (QED) is 0.385. The van der Waals surface area contributed by atoms with E-state index in [9.17, 15) is 9.59 Å². The average molecular weight is 232 g/mol. The van der Waals surface area contributed by atoms with Crippen LogP contribution in [0.1, 0.15) is 0 Å². The maximum atomic E-state index is 11.6. The molecular weight excluding hydrogens is 219 g/mol. The molecule has 0 N–H and O–H groups in total. The SMILES string of the molecule is COC(=O)/C=C/C(=O)N1CC2(CB(C#N)C2)C1. The number of hydrogen-bond acceptors (Lipinski definition) is 4. The number of ether oxygens (including phenoxy) is 1. The highest BCUT2D eigenvalue weighted by Crippen LogP contribution is 2.49. The summed E-state index contributed by atoms with van der Waals surface area (Å²) in [6.07, 6.45) is 4.16. The maximum absolute atomic E-state index is 11.6. The molecule has 0 atom stereocenters. The summed E-state index contributed by atoms with van der Waals surface area (Å²) in [4.78, 5) is 24.1. The van der Waals surface area contributed by atoms with Crippen molar-refractivity contribution in [3.63, 3.8) is 0 Å². The molecule has 0 aromatic rings. The zero-order valence-corrected chi connectivity index (χ0v) is 9.68. The third-order valence-electron chi connectivity index (χ3n) is 3.47. The Morgan fingerprint density at radius 3 is 2.59 bits per heavy atom. The third-order valence-corrected chi connectivity index (χ3v) is 3.47. The van der Waals surface area contributed by atoms with Gasteiger partial charge in [-0.15, -0.1) is 0 Å². The number of amides is 1. The third kappa shape index (κ3) is 2.18. The van der Waals surface area contributed by atoms with Crippen molar-refractivity contribution in [2.24, 2.45) is 5.41 Å². The van der Waals surface area contributed by atoms with Crippen molar-refractivity contribution >= 4 is 18.6 Å². The van der Waals surface area contributed by atoms with E-state index in [1.165, 1.54) is 13.2 Å². The Morgan fingerprint density at radius 1 is 1.41 bits per heavy atom. The Hall–Kier alpha value is -1.77. The molecule has 0 aromatic carbocycles. The molecule has 2 heterocycles. The minimum atomic E-state index is -0.526. The first-order valence-electron chi connectivity index (χ1n) is 5.53. The van der Waals surface area contributed by atoms with Crippen molar-refractivity contribution in [1.82, 2.24) is 4.90 Å². The molecule has 6 heteroatoms. The Bertz CT molecular complexity index is 413. The Kier molecular flexibility index (Phi) is 2.92. The monoisotopic (exact) mass is 232 g/mol. The smallest absolute Gasteiger partial charge is 0.330 e. The fourth-order valence-electron chi connectivity index (χ4n) is 2.57. The van der Waals surface area contributed by atoms with Crippen LogP contribution < -0.4 is 0 Å². The summed E-state index contributed by atoms with van der Waals surface area (Å²) in [6.45, 7) is 1.57. The fourth-order valence-corrected chi connectivity index (χ4v) is 2.57. The molecule has 88 valence electrons. The van der Waals surface area contributed by atoms with Crippen LogP contribution in [0.25, 0.3) is 0 Å². The lowest BCUT2D eigenvalue weighted by Crippen LogP contribution is -2.64. The number of rotatable bonds is 2. The van der Waals surface area contributed by atoms with Gasteiger partial charge in [0, 0.05) is 31.2 Å². The van der Waals surface area contributed by atoms with Crippen LogP contribution in [0.4, 0.5) is 0 Å². The number of nitrogens with zero attached hydrogens (tertiary/aromatic N) is 2. The number of esters is 1. The second kappa shape index (κ2) is 4.25. The molecule has 2 aliphatic heterocycles. The summed E-state index contributed by atoms with van der Waals surface area (Å²) >= 11 is 0. The van der Waals surface area contributed by atoms with Gasteiger partial charge in [-0.3, -0.25) is 4.79 Å². The van der Waals surface area contributed by atoms with Crippen molar-refractivity contribution in [1.29, 1.82) is 5.26 Å². The van der Waals surface area contributed by atoms with Crippen LogP contribution in [-0.4, -0.2) is 43.7 Å². The van der Waals surface area contributed by atoms with E-state index in [-0.39, 0.29) is 18.0 Å². The Morgan fingerprint density at radius 2 is 2.06 bits per heavy atom. The van der Waals surface area contributed by atoms with E-state index in [1.54, 1.807) is 4.90 Å². The van der Waals surface area contributed by atoms with E-state index in [1.807, 2.05) is 0 Å². The first-order valence-corrected chi connectivity index (χ1v) is 5.53. The van der Waals surface area contributed by atoms with Gasteiger partial charge in [0.25, 0.3) is 6.71 Å². The predicted octanol–water partition coefficient (Wildman–Crippen LogP) is 0.115. The predicted molar refractivity (Wildman–Crippen MR) is 61.2 cm³/mol. The second-order valence-corrected chi connectivity index (χ2v) is 4.79. The molecule has 5 nitrogen and oxygen atoms in total. The van der Waals surface area contributed by atoms with Gasteiger partial charge >= 0.3 is 5.97 Å². The average Bonchev–Trinajstić information content (AvgIpc) is 2.22. The molecule has 0 aliphatic carbocycles. The lowest BCUT2D eigenvalue weighted by atomic mass is 9.26. The van der Waals surface area contributed by atoms with Gasteiger partial charge in [-0.1, -0.05) is 12.6 Å². The van der Waals surface area contributed by atoms with Gasteiger partial charge in [0.05, 0.1) is 7.11 Å². The van der Waals surface area contributed by atoms with Gasteiger partial charge in [0.15, 0.2) is 0 Å². The van der Waals surface area contributed by atoms with Crippen LogP contribution in [0.5, 0.6) is 0 Å². The molecule has 1 spiro atoms. The van der Waals surface area contributed by atoms with E-state index in [2.05, 4.69) is 10.7 Å². The van der Waals surface area contributed by atoms with Gasteiger partial charge in [0.2, 0.25) is 5.91 Å². The summed E-state index contributed by atoms with van der Waals surface area (Å²) in [5, 5.41) is 8.69. The van der Waals surface area contributed by atoms with E-state index >= 15 is 0 Å². The molecule has 2 fully saturated rings. The highest BCUT2D eigenvalue weighted by Gasteiger charge is 2.55. The first-order chi connectivity index (χ1) is 8.08. The van der Waals surface area contributed by atoms with Crippen molar-refractivity contribution in [2.45, 2.75) is 12.6 Å². The molecule has 0 unspecified atom stereocenters. The van der Waals surface area contributed by atoms with Crippen LogP contribution in [0.2, 0.25) is 12.6 Å². The zero-order valence-electron chi connectivity index (χ0n) is 9.68. The maximum Gasteiger partial charge on any atom is 0.330 e. The molecule has 0 bridgehead atoms. The van der Waals surface area contributed by atoms with Gasteiger partial charge in [-0.2, -0.15) is 0 Å². The topological polar surface area (TPSA) is 70.4 Å². The highest BCUT2D eigenvalue weighted by molar-refractivity contribution is 6.70. The summed E-state index contributed by atoms with van der Waals surface area (Å²) in [7, 11) is 1.27. The largest absolute Gasteiger partial charge is 0.466 e. The number of methoxy groups -OCH3 is 1. The molecule has 0 radical (unpaired) electrons. The number of hydrogen-bond donors (Lipinski definition) is 0. The Balaban J connectivity index is 1.77. The number of nitriles is 1. The summed E-state index contributed by atoms with van der Waals surface area (Å²) in [5.74, 6) is 1.55. The van der Waals surface area contributed by atoms with Crippen LogP contribution >= 0.6 is 0 Å². The molecular formula is C11H13BN2O3. The molecule has 0 saturated carbocycles. The van der Waals surface area contributed by atoms with Crippen LogP contribution in [0, 0.1) is 16.6 Å². The van der Waals surface area contributed by atoms with E-state index < -0.39 is 5.97 Å².